The molecule has 2 aromatic rings. The highest BCUT2D eigenvalue weighted by Crippen LogP contribution is 2.39. The summed E-state index contributed by atoms with van der Waals surface area (Å²) in [6.45, 7) is 11.2. The molecule has 2 heterocycles. The van der Waals surface area contributed by atoms with Gasteiger partial charge in [-0.25, -0.2) is 9.48 Å². The maximum Gasteiger partial charge on any atom is 0.338 e. The minimum absolute atomic E-state index is 0.0651. The lowest BCUT2D eigenvalue weighted by Gasteiger charge is -2.37. The molecule has 4 atom stereocenters. The van der Waals surface area contributed by atoms with Crippen molar-refractivity contribution in [2.75, 3.05) is 11.9 Å². The van der Waals surface area contributed by atoms with Crippen LogP contribution in [0.1, 0.15) is 65.5 Å². The first kappa shape index (κ1) is 22.4. The van der Waals surface area contributed by atoms with Crippen LogP contribution in [0.25, 0.3) is 0 Å². The van der Waals surface area contributed by atoms with Gasteiger partial charge in [-0.2, -0.15) is 10.1 Å². The van der Waals surface area contributed by atoms with Crippen LogP contribution in [0.3, 0.4) is 0 Å². The molecule has 1 aliphatic heterocycles. The lowest BCUT2D eigenvalue weighted by molar-refractivity contribution is -0.151. The quantitative estimate of drug-likeness (QED) is 0.642. The molecule has 1 aromatic carbocycles. The van der Waals surface area contributed by atoms with Gasteiger partial charge in [0, 0.05) is 5.70 Å². The van der Waals surface area contributed by atoms with Crippen LogP contribution in [0.15, 0.2) is 41.9 Å². The fourth-order valence-electron chi connectivity index (χ4n) is 5.03. The molecule has 7 heteroatoms. The van der Waals surface area contributed by atoms with Crippen molar-refractivity contribution in [3.8, 4) is 5.75 Å². The summed E-state index contributed by atoms with van der Waals surface area (Å²) in [5.74, 6) is 2.56. The van der Waals surface area contributed by atoms with Crippen molar-refractivity contribution >= 4 is 11.9 Å². The van der Waals surface area contributed by atoms with Gasteiger partial charge in [0.25, 0.3) is 0 Å². The lowest BCUT2D eigenvalue weighted by atomic mass is 9.75. The van der Waals surface area contributed by atoms with Crippen molar-refractivity contribution in [3.63, 3.8) is 0 Å². The molecule has 0 radical (unpaired) electrons. The molecule has 4 unspecified atom stereocenters. The second-order valence-electron chi connectivity index (χ2n) is 9.37. The van der Waals surface area contributed by atoms with Crippen molar-refractivity contribution < 1.29 is 14.3 Å². The molecule has 1 aromatic heterocycles. The fourth-order valence-corrected chi connectivity index (χ4v) is 5.03. The number of allylic oxidation sites excluding steroid dienone is 1. The highest BCUT2D eigenvalue weighted by atomic mass is 16.5. The number of nitrogens with one attached hydrogen (secondary N) is 1. The Labute approximate surface area is 190 Å². The van der Waals surface area contributed by atoms with Crippen LogP contribution in [0.4, 0.5) is 5.95 Å². The van der Waals surface area contributed by atoms with Gasteiger partial charge in [-0.1, -0.05) is 39.3 Å². The standard InChI is InChI=1S/C25H34N4O3/c1-6-31-19-10-8-18(9-11-19)23-22(17(5)28-25-26-14-27-29(23)25)24(30)32-21-13-16(4)7-12-20(21)15(2)3/h8-11,14-16,20-21,23H,6-7,12-13H2,1-5H3,(H,26,27,28). The predicted molar refractivity (Wildman–Crippen MR) is 123 cm³/mol. The zero-order valence-electron chi connectivity index (χ0n) is 19.7. The molecule has 32 heavy (non-hydrogen) atoms. The van der Waals surface area contributed by atoms with Gasteiger partial charge in [-0.15, -0.1) is 0 Å². The van der Waals surface area contributed by atoms with Crippen LogP contribution in [0, 0.1) is 17.8 Å². The number of fused-ring (bicyclic) bond motifs is 1. The van der Waals surface area contributed by atoms with Crippen LogP contribution in [-0.4, -0.2) is 33.4 Å². The molecule has 1 fully saturated rings. The maximum absolute atomic E-state index is 13.6. The minimum Gasteiger partial charge on any atom is -0.494 e. The summed E-state index contributed by atoms with van der Waals surface area (Å²) < 4.78 is 13.6. The maximum atomic E-state index is 13.6. The van der Waals surface area contributed by atoms with E-state index in [1.54, 1.807) is 4.68 Å². The predicted octanol–water partition coefficient (Wildman–Crippen LogP) is 4.97. The smallest absolute Gasteiger partial charge is 0.338 e. The summed E-state index contributed by atoms with van der Waals surface area (Å²) >= 11 is 0. The largest absolute Gasteiger partial charge is 0.494 e. The Morgan fingerprint density at radius 1 is 1.25 bits per heavy atom. The molecule has 0 spiro atoms. The molecule has 172 valence electrons. The second-order valence-corrected chi connectivity index (χ2v) is 9.37. The molecule has 4 rings (SSSR count). The molecular formula is C25H34N4O3. The summed E-state index contributed by atoms with van der Waals surface area (Å²) in [5.41, 5.74) is 2.26. The van der Waals surface area contributed by atoms with Crippen LogP contribution in [-0.2, 0) is 9.53 Å². The van der Waals surface area contributed by atoms with Gasteiger partial charge in [-0.3, -0.25) is 0 Å². The number of rotatable bonds is 6. The molecule has 0 saturated heterocycles. The van der Waals surface area contributed by atoms with Gasteiger partial charge in [0.05, 0.1) is 12.2 Å². The third kappa shape index (κ3) is 4.38. The Morgan fingerprint density at radius 3 is 2.69 bits per heavy atom. The van der Waals surface area contributed by atoms with Crippen molar-refractivity contribution in [1.82, 2.24) is 14.8 Å². The number of aromatic nitrogens is 3. The van der Waals surface area contributed by atoms with Crippen molar-refractivity contribution in [2.45, 2.75) is 66.0 Å². The average Bonchev–Trinajstić information content (AvgIpc) is 3.21. The van der Waals surface area contributed by atoms with Crippen LogP contribution >= 0.6 is 0 Å². The summed E-state index contributed by atoms with van der Waals surface area (Å²) in [7, 11) is 0. The van der Waals surface area contributed by atoms with Crippen LogP contribution in [0.2, 0.25) is 0 Å². The number of ether oxygens (including phenoxy) is 2. The third-order valence-corrected chi connectivity index (χ3v) is 6.74. The van der Waals surface area contributed by atoms with Gasteiger partial charge in [0.15, 0.2) is 0 Å². The average molecular weight is 439 g/mol. The Kier molecular flexibility index (Phi) is 6.53. The lowest BCUT2D eigenvalue weighted by Crippen LogP contribution is -2.38. The van der Waals surface area contributed by atoms with E-state index in [1.807, 2.05) is 38.1 Å². The van der Waals surface area contributed by atoms with Gasteiger partial charge in [-0.05, 0) is 62.1 Å². The fraction of sp³-hybridized carbons (Fsp3) is 0.560. The highest BCUT2D eigenvalue weighted by Gasteiger charge is 2.38. The van der Waals surface area contributed by atoms with Crippen molar-refractivity contribution in [2.24, 2.45) is 17.8 Å². The monoisotopic (exact) mass is 438 g/mol. The Morgan fingerprint density at radius 2 is 2.00 bits per heavy atom. The van der Waals surface area contributed by atoms with E-state index >= 15 is 0 Å². The van der Waals surface area contributed by atoms with E-state index in [4.69, 9.17) is 9.47 Å². The van der Waals surface area contributed by atoms with E-state index < -0.39 is 6.04 Å². The molecule has 1 N–H and O–H groups in total. The van der Waals surface area contributed by atoms with E-state index in [-0.39, 0.29) is 12.1 Å². The van der Waals surface area contributed by atoms with E-state index in [0.717, 1.165) is 29.9 Å². The number of hydrogen-bond donors (Lipinski definition) is 1. The van der Waals surface area contributed by atoms with E-state index in [9.17, 15) is 4.79 Å². The highest BCUT2D eigenvalue weighted by molar-refractivity contribution is 5.92. The topological polar surface area (TPSA) is 78.3 Å². The Hall–Kier alpha value is -2.83. The summed E-state index contributed by atoms with van der Waals surface area (Å²) in [4.78, 5) is 17.9. The van der Waals surface area contributed by atoms with Crippen LogP contribution < -0.4 is 10.1 Å². The number of esters is 1. The number of benzene rings is 1. The van der Waals surface area contributed by atoms with Crippen molar-refractivity contribution in [1.29, 1.82) is 0 Å². The molecule has 1 saturated carbocycles. The number of carbonyl (C=O) groups excluding carboxylic acids is 1. The normalized spacial score (nSPS) is 25.3. The van der Waals surface area contributed by atoms with Crippen LogP contribution in [0.5, 0.6) is 5.75 Å². The number of carbonyl (C=O) groups is 1. The zero-order valence-corrected chi connectivity index (χ0v) is 19.7. The summed E-state index contributed by atoms with van der Waals surface area (Å²) in [6, 6.07) is 7.40. The second kappa shape index (κ2) is 9.35. The molecule has 7 nitrogen and oxygen atoms in total. The van der Waals surface area contributed by atoms with Gasteiger partial charge in [0.2, 0.25) is 5.95 Å². The van der Waals surface area contributed by atoms with Gasteiger partial charge in [0.1, 0.15) is 24.2 Å². The minimum atomic E-state index is -0.407. The van der Waals surface area contributed by atoms with Crippen molar-refractivity contribution in [3.05, 3.63) is 47.4 Å². The third-order valence-electron chi connectivity index (χ3n) is 6.74. The van der Waals surface area contributed by atoms with E-state index in [0.29, 0.717) is 35.9 Å². The first-order valence-electron chi connectivity index (χ1n) is 11.7. The summed E-state index contributed by atoms with van der Waals surface area (Å²) in [6.07, 6.45) is 4.64. The first-order chi connectivity index (χ1) is 15.4. The van der Waals surface area contributed by atoms with Gasteiger partial charge < -0.3 is 14.8 Å². The molecule has 1 aliphatic carbocycles. The Balaban J connectivity index is 1.66. The molecule has 0 amide bonds. The SMILES string of the molecule is CCOc1ccc(C2C(C(=O)OC3CC(C)CCC3C(C)C)=C(C)Nc3ncnn32)cc1. The summed E-state index contributed by atoms with van der Waals surface area (Å²) in [5, 5.41) is 7.64. The number of anilines is 1. The first-order valence-corrected chi connectivity index (χ1v) is 11.7. The zero-order chi connectivity index (χ0) is 22.8. The molecule has 2 aliphatic rings. The molecular weight excluding hydrogens is 404 g/mol. The van der Waals surface area contributed by atoms with Gasteiger partial charge >= 0.3 is 5.97 Å². The number of hydrogen-bond acceptors (Lipinski definition) is 6. The number of nitrogens with zero attached hydrogens (tertiary/aromatic N) is 3. The Bertz CT molecular complexity index is 979. The van der Waals surface area contributed by atoms with E-state index in [1.165, 1.54) is 12.7 Å². The molecule has 0 bridgehead atoms. The van der Waals surface area contributed by atoms with E-state index in [2.05, 4.69) is 36.2 Å².